The molecule has 1 aromatic rings. The summed E-state index contributed by atoms with van der Waals surface area (Å²) in [7, 11) is 0. The van der Waals surface area contributed by atoms with Crippen LogP contribution in [0.3, 0.4) is 0 Å². The smallest absolute Gasteiger partial charge is 0.313 e. The van der Waals surface area contributed by atoms with Gasteiger partial charge >= 0.3 is 5.97 Å². The molecule has 0 unspecified atom stereocenters. The van der Waals surface area contributed by atoms with Crippen LogP contribution in [0.4, 0.5) is 4.39 Å². The Hall–Kier alpha value is -1.56. The molecule has 1 rings (SSSR count). The number of nitrogens with two attached hydrogens (primary N) is 1. The molecule has 0 aliphatic carbocycles. The van der Waals surface area contributed by atoms with E-state index in [-0.39, 0.29) is 17.1 Å². The summed E-state index contributed by atoms with van der Waals surface area (Å²) in [5.41, 5.74) is 5.44. The van der Waals surface area contributed by atoms with Crippen LogP contribution in [0, 0.1) is 5.82 Å². The summed E-state index contributed by atoms with van der Waals surface area (Å²) in [5.74, 6) is -2.02. The predicted molar refractivity (Wildman–Crippen MR) is 58.7 cm³/mol. The third-order valence-electron chi connectivity index (χ3n) is 1.82. The average Bonchev–Trinajstić information content (AvgIpc) is 2.19. The van der Waals surface area contributed by atoms with Crippen molar-refractivity contribution in [3.8, 4) is 0 Å². The van der Waals surface area contributed by atoms with E-state index in [9.17, 15) is 14.0 Å². The molecule has 0 saturated heterocycles. The molecule has 0 aliphatic rings. The largest absolute Gasteiger partial charge is 0.481 e. The first-order valence-corrected chi connectivity index (χ1v) is 5.54. The fourth-order valence-corrected chi connectivity index (χ4v) is 1.80. The second kappa shape index (κ2) is 5.50. The fraction of sp³-hybridized carbons (Fsp3) is 0.200. The lowest BCUT2D eigenvalue weighted by molar-refractivity contribution is -0.133. The number of rotatable bonds is 5. The van der Waals surface area contributed by atoms with Crippen LogP contribution in [0.2, 0.25) is 0 Å². The number of primary amides is 1. The van der Waals surface area contributed by atoms with Gasteiger partial charge in [-0.1, -0.05) is 6.07 Å². The lowest BCUT2D eigenvalue weighted by atomic mass is 10.1. The lowest BCUT2D eigenvalue weighted by Gasteiger charge is -2.03. The number of carbonyl (C=O) groups excluding carboxylic acids is 1. The van der Waals surface area contributed by atoms with Crippen LogP contribution in [0.25, 0.3) is 0 Å². The molecule has 1 amide bonds. The van der Waals surface area contributed by atoms with Gasteiger partial charge in [0, 0.05) is 11.3 Å². The van der Waals surface area contributed by atoms with Gasteiger partial charge in [-0.15, -0.1) is 11.8 Å². The Morgan fingerprint density at radius 3 is 2.62 bits per heavy atom. The fourth-order valence-electron chi connectivity index (χ4n) is 1.07. The number of carboxylic acid groups (broad SMARTS) is 1. The Kier molecular flexibility index (Phi) is 4.30. The maximum absolute atomic E-state index is 13.4. The van der Waals surface area contributed by atoms with Gasteiger partial charge in [0.05, 0.1) is 5.75 Å². The second-order valence-electron chi connectivity index (χ2n) is 3.06. The van der Waals surface area contributed by atoms with Gasteiger partial charge in [-0.3, -0.25) is 9.59 Å². The SMILES string of the molecule is NC(=O)c1ccc(CSCC(=O)O)c(F)c1. The van der Waals surface area contributed by atoms with Crippen LogP contribution < -0.4 is 5.73 Å². The van der Waals surface area contributed by atoms with Crippen molar-refractivity contribution < 1.29 is 19.1 Å². The first-order valence-electron chi connectivity index (χ1n) is 4.38. The predicted octanol–water partition coefficient (Wildman–Crippen LogP) is 1.24. The Labute approximate surface area is 95.6 Å². The summed E-state index contributed by atoms with van der Waals surface area (Å²) in [6.45, 7) is 0. The van der Waals surface area contributed by atoms with Crippen molar-refractivity contribution in [3.05, 3.63) is 35.1 Å². The zero-order valence-corrected chi connectivity index (χ0v) is 9.09. The zero-order valence-electron chi connectivity index (χ0n) is 8.27. The number of halogens is 1. The summed E-state index contributed by atoms with van der Waals surface area (Å²) in [4.78, 5) is 21.0. The van der Waals surface area contributed by atoms with Gasteiger partial charge in [0.15, 0.2) is 0 Å². The maximum Gasteiger partial charge on any atom is 0.313 e. The molecule has 16 heavy (non-hydrogen) atoms. The maximum atomic E-state index is 13.4. The quantitative estimate of drug-likeness (QED) is 0.815. The minimum Gasteiger partial charge on any atom is -0.481 e. The Balaban J connectivity index is 2.68. The molecule has 86 valence electrons. The molecule has 0 aromatic heterocycles. The summed E-state index contributed by atoms with van der Waals surface area (Å²) in [6, 6.07) is 3.91. The van der Waals surface area contributed by atoms with Crippen LogP contribution >= 0.6 is 11.8 Å². The highest BCUT2D eigenvalue weighted by Gasteiger charge is 2.07. The molecule has 1 aromatic carbocycles. The van der Waals surface area contributed by atoms with Crippen molar-refractivity contribution in [1.29, 1.82) is 0 Å². The Morgan fingerprint density at radius 2 is 2.12 bits per heavy atom. The van der Waals surface area contributed by atoms with Crippen molar-refractivity contribution >= 4 is 23.6 Å². The zero-order chi connectivity index (χ0) is 12.1. The van der Waals surface area contributed by atoms with E-state index in [4.69, 9.17) is 10.8 Å². The van der Waals surface area contributed by atoms with E-state index >= 15 is 0 Å². The van der Waals surface area contributed by atoms with Crippen molar-refractivity contribution in [2.45, 2.75) is 5.75 Å². The van der Waals surface area contributed by atoms with Gasteiger partial charge < -0.3 is 10.8 Å². The summed E-state index contributed by atoms with van der Waals surface area (Å²) in [5, 5.41) is 8.40. The van der Waals surface area contributed by atoms with Crippen LogP contribution in [0.5, 0.6) is 0 Å². The average molecular weight is 243 g/mol. The van der Waals surface area contributed by atoms with E-state index in [1.807, 2.05) is 0 Å². The van der Waals surface area contributed by atoms with E-state index in [0.29, 0.717) is 5.56 Å². The molecule has 0 atom stereocenters. The Morgan fingerprint density at radius 1 is 1.44 bits per heavy atom. The third kappa shape index (κ3) is 3.54. The number of hydrogen-bond acceptors (Lipinski definition) is 3. The number of carbonyl (C=O) groups is 2. The third-order valence-corrected chi connectivity index (χ3v) is 2.79. The number of aliphatic carboxylic acids is 1. The second-order valence-corrected chi connectivity index (χ2v) is 4.04. The van der Waals surface area contributed by atoms with Crippen LogP contribution in [-0.4, -0.2) is 22.7 Å². The molecule has 6 heteroatoms. The molecule has 0 bridgehead atoms. The molecule has 4 nitrogen and oxygen atoms in total. The van der Waals surface area contributed by atoms with Crippen molar-refractivity contribution in [1.82, 2.24) is 0 Å². The standard InChI is InChI=1S/C10H10FNO3S/c11-8-3-6(10(12)15)1-2-7(8)4-16-5-9(13)14/h1-3H,4-5H2,(H2,12,15)(H,13,14). The molecule has 0 fully saturated rings. The molecule has 0 aliphatic heterocycles. The molecule has 0 heterocycles. The van der Waals surface area contributed by atoms with Gasteiger partial charge in [0.25, 0.3) is 0 Å². The molecule has 0 spiro atoms. The minimum atomic E-state index is -0.945. The summed E-state index contributed by atoms with van der Waals surface area (Å²) in [6.07, 6.45) is 0. The summed E-state index contributed by atoms with van der Waals surface area (Å²) >= 11 is 1.09. The van der Waals surface area contributed by atoms with E-state index in [2.05, 4.69) is 0 Å². The van der Waals surface area contributed by atoms with Gasteiger partial charge in [0.2, 0.25) is 5.91 Å². The number of carboxylic acids is 1. The van der Waals surface area contributed by atoms with E-state index in [1.165, 1.54) is 12.1 Å². The lowest BCUT2D eigenvalue weighted by Crippen LogP contribution is -2.11. The highest BCUT2D eigenvalue weighted by Crippen LogP contribution is 2.16. The van der Waals surface area contributed by atoms with Crippen LogP contribution in [0.1, 0.15) is 15.9 Å². The van der Waals surface area contributed by atoms with Gasteiger partial charge in [-0.05, 0) is 17.7 Å². The highest BCUT2D eigenvalue weighted by molar-refractivity contribution is 7.99. The van der Waals surface area contributed by atoms with Gasteiger partial charge in [0.1, 0.15) is 5.82 Å². The Bertz CT molecular complexity index is 423. The highest BCUT2D eigenvalue weighted by atomic mass is 32.2. The monoisotopic (exact) mass is 243 g/mol. The molecule has 0 radical (unpaired) electrons. The topological polar surface area (TPSA) is 80.4 Å². The first kappa shape index (κ1) is 12.5. The van der Waals surface area contributed by atoms with E-state index in [1.54, 1.807) is 0 Å². The number of amides is 1. The van der Waals surface area contributed by atoms with Crippen molar-refractivity contribution in [3.63, 3.8) is 0 Å². The van der Waals surface area contributed by atoms with E-state index in [0.717, 1.165) is 17.8 Å². The number of hydrogen-bond donors (Lipinski definition) is 2. The van der Waals surface area contributed by atoms with Crippen LogP contribution in [0.15, 0.2) is 18.2 Å². The van der Waals surface area contributed by atoms with Crippen molar-refractivity contribution in [2.75, 3.05) is 5.75 Å². The van der Waals surface area contributed by atoms with Gasteiger partial charge in [-0.25, -0.2) is 4.39 Å². The van der Waals surface area contributed by atoms with Gasteiger partial charge in [-0.2, -0.15) is 0 Å². The molecular formula is C10H10FNO3S. The van der Waals surface area contributed by atoms with Crippen molar-refractivity contribution in [2.24, 2.45) is 5.73 Å². The van der Waals surface area contributed by atoms with Crippen LogP contribution in [-0.2, 0) is 10.5 Å². The first-order chi connectivity index (χ1) is 7.50. The summed E-state index contributed by atoms with van der Waals surface area (Å²) < 4.78 is 13.4. The van der Waals surface area contributed by atoms with E-state index < -0.39 is 17.7 Å². The normalized spacial score (nSPS) is 10.1. The molecule has 3 N–H and O–H groups in total. The number of benzene rings is 1. The minimum absolute atomic E-state index is 0.0863. The number of thioether (sulfide) groups is 1. The molecular weight excluding hydrogens is 233 g/mol. The molecule has 0 saturated carbocycles.